The van der Waals surface area contributed by atoms with E-state index in [0.29, 0.717) is 6.04 Å². The van der Waals surface area contributed by atoms with Gasteiger partial charge in [-0.25, -0.2) is 0 Å². The SMILES string of the molecule is CC(C)N(C)/C=C\c1ccccc1C=O. The Kier molecular flexibility index (Phi) is 4.10. The van der Waals surface area contributed by atoms with Crippen molar-refractivity contribution in [2.24, 2.45) is 0 Å². The first-order valence-corrected chi connectivity index (χ1v) is 5.09. The number of hydrogen-bond acceptors (Lipinski definition) is 2. The quantitative estimate of drug-likeness (QED) is 0.701. The summed E-state index contributed by atoms with van der Waals surface area (Å²) in [5.41, 5.74) is 1.69. The van der Waals surface area contributed by atoms with Crippen LogP contribution < -0.4 is 0 Å². The summed E-state index contributed by atoms with van der Waals surface area (Å²) < 4.78 is 0. The topological polar surface area (TPSA) is 20.3 Å². The lowest BCUT2D eigenvalue weighted by molar-refractivity contribution is 0.112. The maximum absolute atomic E-state index is 10.8. The standard InChI is InChI=1S/C13H17NO/c1-11(2)14(3)9-8-12-6-4-5-7-13(12)10-15/h4-11H,1-3H3/b9-8-. The number of carbonyl (C=O) groups is 1. The van der Waals surface area contributed by atoms with Crippen molar-refractivity contribution in [3.05, 3.63) is 41.6 Å². The van der Waals surface area contributed by atoms with Gasteiger partial charge in [-0.1, -0.05) is 24.3 Å². The molecular formula is C13H17NO. The van der Waals surface area contributed by atoms with Crippen LogP contribution >= 0.6 is 0 Å². The van der Waals surface area contributed by atoms with Gasteiger partial charge in [0.05, 0.1) is 0 Å². The Morgan fingerprint density at radius 2 is 1.80 bits per heavy atom. The summed E-state index contributed by atoms with van der Waals surface area (Å²) in [5, 5.41) is 0. The van der Waals surface area contributed by atoms with E-state index < -0.39 is 0 Å². The fourth-order valence-corrected chi connectivity index (χ4v) is 1.14. The van der Waals surface area contributed by atoms with Crippen molar-refractivity contribution in [3.8, 4) is 0 Å². The molecule has 0 heterocycles. The van der Waals surface area contributed by atoms with Crippen LogP contribution in [-0.2, 0) is 0 Å². The van der Waals surface area contributed by atoms with Crippen molar-refractivity contribution in [2.45, 2.75) is 19.9 Å². The van der Waals surface area contributed by atoms with E-state index in [4.69, 9.17) is 0 Å². The zero-order valence-corrected chi connectivity index (χ0v) is 9.47. The van der Waals surface area contributed by atoms with Gasteiger partial charge in [-0.2, -0.15) is 0 Å². The van der Waals surface area contributed by atoms with Crippen LogP contribution in [0.2, 0.25) is 0 Å². The first kappa shape index (κ1) is 11.5. The number of hydrogen-bond donors (Lipinski definition) is 0. The van der Waals surface area contributed by atoms with Crippen molar-refractivity contribution >= 4 is 12.4 Å². The molecule has 0 aromatic heterocycles. The molecule has 0 N–H and O–H groups in total. The molecule has 0 fully saturated rings. The van der Waals surface area contributed by atoms with E-state index in [-0.39, 0.29) is 0 Å². The van der Waals surface area contributed by atoms with Gasteiger partial charge in [-0.15, -0.1) is 0 Å². The normalized spacial score (nSPS) is 10.9. The van der Waals surface area contributed by atoms with Gasteiger partial charge in [0.25, 0.3) is 0 Å². The highest BCUT2D eigenvalue weighted by Gasteiger charge is 1.98. The highest BCUT2D eigenvalue weighted by atomic mass is 16.1. The third kappa shape index (κ3) is 3.24. The predicted molar refractivity (Wildman–Crippen MR) is 63.8 cm³/mol. The van der Waals surface area contributed by atoms with Crippen molar-refractivity contribution in [1.29, 1.82) is 0 Å². The summed E-state index contributed by atoms with van der Waals surface area (Å²) in [6.07, 6.45) is 4.84. The number of benzene rings is 1. The van der Waals surface area contributed by atoms with Crippen LogP contribution in [0.25, 0.3) is 6.08 Å². The second-order valence-corrected chi connectivity index (χ2v) is 3.82. The Morgan fingerprint density at radius 3 is 2.33 bits per heavy atom. The number of aldehydes is 1. The molecule has 15 heavy (non-hydrogen) atoms. The molecule has 0 unspecified atom stereocenters. The molecule has 0 saturated heterocycles. The van der Waals surface area contributed by atoms with E-state index in [0.717, 1.165) is 17.4 Å². The van der Waals surface area contributed by atoms with Crippen LogP contribution in [0.1, 0.15) is 29.8 Å². The number of nitrogens with zero attached hydrogens (tertiary/aromatic N) is 1. The lowest BCUT2D eigenvalue weighted by Gasteiger charge is -2.18. The molecule has 0 saturated carbocycles. The molecule has 0 aliphatic heterocycles. The van der Waals surface area contributed by atoms with E-state index in [1.165, 1.54) is 0 Å². The maximum atomic E-state index is 10.8. The molecule has 1 aromatic carbocycles. The lowest BCUT2D eigenvalue weighted by Crippen LogP contribution is -2.19. The first-order chi connectivity index (χ1) is 7.15. The van der Waals surface area contributed by atoms with E-state index in [9.17, 15) is 4.79 Å². The molecule has 0 spiro atoms. The van der Waals surface area contributed by atoms with Gasteiger partial charge >= 0.3 is 0 Å². The largest absolute Gasteiger partial charge is 0.378 e. The fraction of sp³-hybridized carbons (Fsp3) is 0.308. The van der Waals surface area contributed by atoms with Crippen LogP contribution in [0.5, 0.6) is 0 Å². The van der Waals surface area contributed by atoms with E-state index >= 15 is 0 Å². The Morgan fingerprint density at radius 1 is 1.20 bits per heavy atom. The molecule has 0 atom stereocenters. The monoisotopic (exact) mass is 203 g/mol. The second kappa shape index (κ2) is 5.35. The molecule has 0 aliphatic rings. The van der Waals surface area contributed by atoms with Crippen molar-refractivity contribution < 1.29 is 4.79 Å². The minimum absolute atomic E-state index is 0.463. The Labute approximate surface area is 91.2 Å². The summed E-state index contributed by atoms with van der Waals surface area (Å²) in [5.74, 6) is 0. The lowest BCUT2D eigenvalue weighted by atomic mass is 10.1. The van der Waals surface area contributed by atoms with Crippen LogP contribution in [0.15, 0.2) is 30.5 Å². The summed E-state index contributed by atoms with van der Waals surface area (Å²) in [6, 6.07) is 8.02. The molecule has 1 rings (SSSR count). The van der Waals surface area contributed by atoms with E-state index in [1.807, 2.05) is 43.6 Å². The zero-order chi connectivity index (χ0) is 11.3. The van der Waals surface area contributed by atoms with Crippen LogP contribution in [0.3, 0.4) is 0 Å². The molecule has 0 amide bonds. The van der Waals surface area contributed by atoms with E-state index in [1.54, 1.807) is 0 Å². The maximum Gasteiger partial charge on any atom is 0.150 e. The third-order valence-corrected chi connectivity index (χ3v) is 2.43. The van der Waals surface area contributed by atoms with Crippen molar-refractivity contribution in [3.63, 3.8) is 0 Å². The molecule has 0 radical (unpaired) electrons. The zero-order valence-electron chi connectivity index (χ0n) is 9.47. The van der Waals surface area contributed by atoms with Crippen molar-refractivity contribution in [2.75, 3.05) is 7.05 Å². The first-order valence-electron chi connectivity index (χ1n) is 5.09. The molecule has 0 aliphatic carbocycles. The Hall–Kier alpha value is -1.57. The average Bonchev–Trinajstić information content (AvgIpc) is 2.26. The van der Waals surface area contributed by atoms with Gasteiger partial charge in [0.1, 0.15) is 0 Å². The van der Waals surface area contributed by atoms with Crippen LogP contribution in [0.4, 0.5) is 0 Å². The van der Waals surface area contributed by atoms with E-state index in [2.05, 4.69) is 18.7 Å². The third-order valence-electron chi connectivity index (χ3n) is 2.43. The number of rotatable bonds is 4. The van der Waals surface area contributed by atoms with Crippen molar-refractivity contribution in [1.82, 2.24) is 4.90 Å². The predicted octanol–water partition coefficient (Wildman–Crippen LogP) is 2.81. The number of carbonyl (C=O) groups excluding carboxylic acids is 1. The summed E-state index contributed by atoms with van der Waals surface area (Å²) in [6.45, 7) is 4.24. The smallest absolute Gasteiger partial charge is 0.150 e. The van der Waals surface area contributed by atoms with Gasteiger partial charge in [0.15, 0.2) is 6.29 Å². The van der Waals surface area contributed by atoms with Gasteiger partial charge < -0.3 is 4.90 Å². The Balaban J connectivity index is 2.84. The molecule has 2 heteroatoms. The van der Waals surface area contributed by atoms with Gasteiger partial charge in [0, 0.05) is 18.7 Å². The van der Waals surface area contributed by atoms with Gasteiger partial charge in [0.2, 0.25) is 0 Å². The molecule has 0 bridgehead atoms. The van der Waals surface area contributed by atoms with Crippen LogP contribution in [0, 0.1) is 0 Å². The highest BCUT2D eigenvalue weighted by molar-refractivity contribution is 5.81. The minimum Gasteiger partial charge on any atom is -0.378 e. The Bertz CT molecular complexity index is 355. The summed E-state index contributed by atoms with van der Waals surface area (Å²) in [4.78, 5) is 12.9. The molecule has 1 aromatic rings. The molecule has 80 valence electrons. The minimum atomic E-state index is 0.463. The summed E-state index contributed by atoms with van der Waals surface area (Å²) in [7, 11) is 2.02. The van der Waals surface area contributed by atoms with Gasteiger partial charge in [-0.05, 0) is 31.7 Å². The molecule has 2 nitrogen and oxygen atoms in total. The highest BCUT2D eigenvalue weighted by Crippen LogP contribution is 2.09. The fourth-order valence-electron chi connectivity index (χ4n) is 1.14. The second-order valence-electron chi connectivity index (χ2n) is 3.82. The summed E-state index contributed by atoms with van der Waals surface area (Å²) >= 11 is 0. The van der Waals surface area contributed by atoms with Crippen LogP contribution in [-0.4, -0.2) is 24.3 Å². The molecular weight excluding hydrogens is 186 g/mol. The van der Waals surface area contributed by atoms with Gasteiger partial charge in [-0.3, -0.25) is 4.79 Å². The average molecular weight is 203 g/mol.